The van der Waals surface area contributed by atoms with Gasteiger partial charge in [0.1, 0.15) is 6.33 Å². The fourth-order valence-corrected chi connectivity index (χ4v) is 2.45. The van der Waals surface area contributed by atoms with Gasteiger partial charge < -0.3 is 5.11 Å². The summed E-state index contributed by atoms with van der Waals surface area (Å²) in [6.45, 7) is 0. The van der Waals surface area contributed by atoms with E-state index in [-0.39, 0.29) is 5.78 Å². The van der Waals surface area contributed by atoms with Crippen molar-refractivity contribution in [3.8, 4) is 0 Å². The Hall–Kier alpha value is -2.01. The Kier molecular flexibility index (Phi) is 2.71. The zero-order chi connectivity index (χ0) is 13.6. The number of rotatable bonds is 3. The van der Waals surface area contributed by atoms with E-state index in [1.54, 1.807) is 12.3 Å². The van der Waals surface area contributed by atoms with Crippen LogP contribution >= 0.6 is 11.6 Å². The standard InChI is InChI=1S/C13H9ClN2O3/c14-10-2-6(1-7-4-15-5-16-11(7)10)12(17)8-3-9(8)13(18)19/h1-2,4-5,8-9H,3H2,(H,18,19)/t8-,9-/m0/s1. The molecule has 1 heterocycles. The molecule has 1 aromatic heterocycles. The molecule has 1 aliphatic rings. The van der Waals surface area contributed by atoms with Crippen molar-refractivity contribution in [2.45, 2.75) is 6.42 Å². The maximum atomic E-state index is 12.2. The number of aliphatic carboxylic acids is 1. The van der Waals surface area contributed by atoms with Crippen LogP contribution in [0.3, 0.4) is 0 Å². The maximum Gasteiger partial charge on any atom is 0.307 e. The number of nitrogens with zero attached hydrogens (tertiary/aromatic N) is 2. The van der Waals surface area contributed by atoms with Gasteiger partial charge in [-0.2, -0.15) is 0 Å². The van der Waals surface area contributed by atoms with Crippen molar-refractivity contribution < 1.29 is 14.7 Å². The Morgan fingerprint density at radius 2 is 2.11 bits per heavy atom. The van der Waals surface area contributed by atoms with Crippen molar-refractivity contribution in [2.75, 3.05) is 0 Å². The molecule has 0 bridgehead atoms. The van der Waals surface area contributed by atoms with Crippen LogP contribution in [-0.4, -0.2) is 26.8 Å². The number of carboxylic acid groups (broad SMARTS) is 1. The number of aromatic nitrogens is 2. The van der Waals surface area contributed by atoms with Gasteiger partial charge >= 0.3 is 5.97 Å². The number of hydrogen-bond donors (Lipinski definition) is 1. The summed E-state index contributed by atoms with van der Waals surface area (Å²) in [5.74, 6) is -2.10. The topological polar surface area (TPSA) is 80.1 Å². The highest BCUT2D eigenvalue weighted by molar-refractivity contribution is 6.35. The molecule has 1 aromatic carbocycles. The quantitative estimate of drug-likeness (QED) is 0.869. The predicted octanol–water partition coefficient (Wildman–Crippen LogP) is 2.19. The Bertz CT molecular complexity index is 701. The van der Waals surface area contributed by atoms with Crippen molar-refractivity contribution in [3.05, 3.63) is 35.2 Å². The first-order valence-corrected chi connectivity index (χ1v) is 6.12. The van der Waals surface area contributed by atoms with Gasteiger partial charge in [-0.05, 0) is 18.6 Å². The molecule has 96 valence electrons. The average Bonchev–Trinajstić information content (AvgIpc) is 3.18. The van der Waals surface area contributed by atoms with Crippen LogP contribution < -0.4 is 0 Å². The number of fused-ring (bicyclic) bond motifs is 1. The van der Waals surface area contributed by atoms with Crippen LogP contribution in [0.4, 0.5) is 0 Å². The normalized spacial score (nSPS) is 21.3. The molecule has 1 saturated carbocycles. The molecule has 2 atom stereocenters. The molecule has 1 N–H and O–H groups in total. The molecule has 6 heteroatoms. The van der Waals surface area contributed by atoms with Crippen LogP contribution in [0.25, 0.3) is 10.9 Å². The third-order valence-electron chi connectivity index (χ3n) is 3.29. The van der Waals surface area contributed by atoms with E-state index in [1.807, 2.05) is 0 Å². The van der Waals surface area contributed by atoms with Gasteiger partial charge in [0.2, 0.25) is 0 Å². The first-order valence-electron chi connectivity index (χ1n) is 5.74. The zero-order valence-electron chi connectivity index (χ0n) is 9.71. The summed E-state index contributed by atoms with van der Waals surface area (Å²) in [6.07, 6.45) is 3.36. The SMILES string of the molecule is O=C(O)[C@H]1C[C@@H]1C(=O)c1cc(Cl)c2ncncc2c1. The van der Waals surface area contributed by atoms with Gasteiger partial charge in [-0.25, -0.2) is 9.97 Å². The highest BCUT2D eigenvalue weighted by Crippen LogP contribution is 2.41. The highest BCUT2D eigenvalue weighted by Gasteiger charge is 2.48. The van der Waals surface area contributed by atoms with Gasteiger partial charge in [-0.1, -0.05) is 11.6 Å². The summed E-state index contributed by atoms with van der Waals surface area (Å²) in [4.78, 5) is 30.9. The Balaban J connectivity index is 1.98. The van der Waals surface area contributed by atoms with Gasteiger partial charge in [-0.15, -0.1) is 0 Å². The Morgan fingerprint density at radius 1 is 1.32 bits per heavy atom. The van der Waals surface area contributed by atoms with E-state index in [0.717, 1.165) is 0 Å². The lowest BCUT2D eigenvalue weighted by molar-refractivity contribution is -0.138. The van der Waals surface area contributed by atoms with Gasteiger partial charge in [0.25, 0.3) is 0 Å². The minimum atomic E-state index is -0.923. The van der Waals surface area contributed by atoms with Gasteiger partial charge in [0.15, 0.2) is 5.78 Å². The van der Waals surface area contributed by atoms with Crippen molar-refractivity contribution in [3.63, 3.8) is 0 Å². The summed E-state index contributed by atoms with van der Waals surface area (Å²) in [6, 6.07) is 3.19. The molecule has 19 heavy (non-hydrogen) atoms. The van der Waals surface area contributed by atoms with Crippen molar-refractivity contribution in [2.24, 2.45) is 11.8 Å². The highest BCUT2D eigenvalue weighted by atomic mass is 35.5. The van der Waals surface area contributed by atoms with Crippen LogP contribution in [0, 0.1) is 11.8 Å². The Morgan fingerprint density at radius 3 is 2.79 bits per heavy atom. The fraction of sp³-hybridized carbons (Fsp3) is 0.231. The molecule has 0 unspecified atom stereocenters. The first kappa shape index (κ1) is 12.0. The number of carboxylic acids is 1. The molecule has 3 rings (SSSR count). The Labute approximate surface area is 113 Å². The van der Waals surface area contributed by atoms with E-state index in [9.17, 15) is 9.59 Å². The number of benzene rings is 1. The maximum absolute atomic E-state index is 12.2. The van der Waals surface area contributed by atoms with Crippen molar-refractivity contribution in [1.29, 1.82) is 0 Å². The summed E-state index contributed by atoms with van der Waals surface area (Å²) in [7, 11) is 0. The molecular weight excluding hydrogens is 268 g/mol. The third-order valence-corrected chi connectivity index (χ3v) is 3.58. The molecule has 0 aliphatic heterocycles. The van der Waals surface area contributed by atoms with Crippen LogP contribution in [0.15, 0.2) is 24.7 Å². The number of ketones is 1. The van der Waals surface area contributed by atoms with E-state index in [0.29, 0.717) is 27.9 Å². The second-order valence-corrected chi connectivity index (χ2v) is 4.98. The van der Waals surface area contributed by atoms with E-state index in [1.165, 1.54) is 12.4 Å². The lowest BCUT2D eigenvalue weighted by atomic mass is 10.0. The summed E-state index contributed by atoms with van der Waals surface area (Å²) >= 11 is 6.07. The van der Waals surface area contributed by atoms with Crippen LogP contribution in [0.1, 0.15) is 16.8 Å². The number of carbonyl (C=O) groups is 2. The average molecular weight is 277 g/mol. The van der Waals surface area contributed by atoms with E-state index in [2.05, 4.69) is 9.97 Å². The monoisotopic (exact) mass is 276 g/mol. The minimum absolute atomic E-state index is 0.181. The largest absolute Gasteiger partial charge is 0.481 e. The lowest BCUT2D eigenvalue weighted by Crippen LogP contribution is -2.08. The lowest BCUT2D eigenvalue weighted by Gasteiger charge is -2.04. The van der Waals surface area contributed by atoms with Crippen LogP contribution in [0.5, 0.6) is 0 Å². The van der Waals surface area contributed by atoms with E-state index >= 15 is 0 Å². The number of Topliss-reactive ketones (excluding diaryl/α,β-unsaturated/α-hetero) is 1. The van der Waals surface area contributed by atoms with Gasteiger partial charge in [0, 0.05) is 23.1 Å². The number of carbonyl (C=O) groups excluding carboxylic acids is 1. The molecular formula is C13H9ClN2O3. The van der Waals surface area contributed by atoms with Crippen LogP contribution in [0.2, 0.25) is 5.02 Å². The van der Waals surface area contributed by atoms with Crippen molar-refractivity contribution >= 4 is 34.3 Å². The second-order valence-electron chi connectivity index (χ2n) is 4.57. The van der Waals surface area contributed by atoms with Gasteiger partial charge in [-0.3, -0.25) is 9.59 Å². The minimum Gasteiger partial charge on any atom is -0.481 e. The molecule has 1 aliphatic carbocycles. The fourth-order valence-electron chi connectivity index (χ4n) is 2.17. The molecule has 0 saturated heterocycles. The number of hydrogen-bond acceptors (Lipinski definition) is 4. The summed E-state index contributed by atoms with van der Waals surface area (Å²) < 4.78 is 0. The summed E-state index contributed by atoms with van der Waals surface area (Å²) in [5, 5.41) is 9.89. The zero-order valence-corrected chi connectivity index (χ0v) is 10.5. The smallest absolute Gasteiger partial charge is 0.307 e. The molecule has 0 spiro atoms. The molecule has 0 amide bonds. The van der Waals surface area contributed by atoms with Gasteiger partial charge in [0.05, 0.1) is 16.5 Å². The van der Waals surface area contributed by atoms with E-state index < -0.39 is 17.8 Å². The first-order chi connectivity index (χ1) is 9.08. The van der Waals surface area contributed by atoms with Crippen LogP contribution in [-0.2, 0) is 4.79 Å². The third kappa shape index (κ3) is 2.06. The molecule has 0 radical (unpaired) electrons. The number of halogens is 1. The van der Waals surface area contributed by atoms with Crippen molar-refractivity contribution in [1.82, 2.24) is 9.97 Å². The molecule has 2 aromatic rings. The predicted molar refractivity (Wildman–Crippen MR) is 68.1 cm³/mol. The summed E-state index contributed by atoms with van der Waals surface area (Å²) in [5.41, 5.74) is 1.000. The molecule has 1 fully saturated rings. The molecule has 5 nitrogen and oxygen atoms in total. The van der Waals surface area contributed by atoms with E-state index in [4.69, 9.17) is 16.7 Å². The second kappa shape index (κ2) is 4.28.